The number of nitrogens with zero attached hydrogens (tertiary/aromatic N) is 4. The van der Waals surface area contributed by atoms with E-state index in [0.717, 1.165) is 26.2 Å². The summed E-state index contributed by atoms with van der Waals surface area (Å²) in [7, 11) is 3.43. The molecule has 10 heteroatoms. The van der Waals surface area contributed by atoms with Gasteiger partial charge in [0.1, 0.15) is 0 Å². The zero-order chi connectivity index (χ0) is 17.4. The minimum atomic E-state index is -0.218. The summed E-state index contributed by atoms with van der Waals surface area (Å²) in [6.45, 7) is 10.6. The third kappa shape index (κ3) is 5.91. The zero-order valence-electron chi connectivity index (χ0n) is 14.3. The van der Waals surface area contributed by atoms with E-state index in [9.17, 15) is 9.59 Å². The lowest BCUT2D eigenvalue weighted by Gasteiger charge is -2.35. The molecular weight excluding hydrogens is 352 g/mol. The van der Waals surface area contributed by atoms with Crippen LogP contribution in [0.4, 0.5) is 9.59 Å². The van der Waals surface area contributed by atoms with Gasteiger partial charge in [-0.05, 0) is 13.8 Å². The van der Waals surface area contributed by atoms with Crippen molar-refractivity contribution in [1.29, 1.82) is 0 Å². The van der Waals surface area contributed by atoms with Crippen molar-refractivity contribution < 1.29 is 19.1 Å². The van der Waals surface area contributed by atoms with Crippen LogP contribution in [-0.2, 0) is 9.47 Å². The number of carbonyl (C=O) groups is 2. The normalized spacial score (nSPS) is 20.1. The molecule has 2 heterocycles. The summed E-state index contributed by atoms with van der Waals surface area (Å²) in [5.41, 5.74) is 0. The Morgan fingerprint density at radius 3 is 1.33 bits per heavy atom. The van der Waals surface area contributed by atoms with Crippen LogP contribution in [0.15, 0.2) is 0 Å². The lowest BCUT2D eigenvalue weighted by Crippen LogP contribution is -2.47. The monoisotopic (exact) mass is 378 g/mol. The Morgan fingerprint density at radius 2 is 1.04 bits per heavy atom. The average molecular weight is 379 g/mol. The van der Waals surface area contributed by atoms with Crippen molar-refractivity contribution in [2.45, 2.75) is 13.8 Å². The highest BCUT2D eigenvalue weighted by Gasteiger charge is 2.25. The van der Waals surface area contributed by atoms with E-state index in [1.807, 2.05) is 13.8 Å². The van der Waals surface area contributed by atoms with Crippen molar-refractivity contribution in [3.8, 4) is 0 Å². The van der Waals surface area contributed by atoms with Crippen LogP contribution in [0.5, 0.6) is 0 Å². The molecule has 0 radical (unpaired) electrons. The van der Waals surface area contributed by atoms with E-state index in [-0.39, 0.29) is 12.2 Å². The predicted molar refractivity (Wildman–Crippen MR) is 95.5 cm³/mol. The minimum absolute atomic E-state index is 0.218. The van der Waals surface area contributed by atoms with Gasteiger partial charge in [0.05, 0.1) is 13.2 Å². The van der Waals surface area contributed by atoms with Crippen LogP contribution in [-0.4, -0.2) is 96.2 Å². The van der Waals surface area contributed by atoms with Gasteiger partial charge in [-0.3, -0.25) is 0 Å². The Bertz CT molecular complexity index is 376. The molecule has 138 valence electrons. The molecule has 0 unspecified atom stereocenters. The van der Waals surface area contributed by atoms with Crippen molar-refractivity contribution in [1.82, 2.24) is 18.4 Å². The summed E-state index contributed by atoms with van der Waals surface area (Å²) in [6, 6.07) is 0. The first-order valence-electron chi connectivity index (χ1n) is 8.32. The number of carbonyl (C=O) groups excluding carboxylic acids is 2. The highest BCUT2D eigenvalue weighted by molar-refractivity contribution is 8.74. The van der Waals surface area contributed by atoms with Crippen molar-refractivity contribution in [2.24, 2.45) is 0 Å². The molecule has 0 aromatic carbocycles. The van der Waals surface area contributed by atoms with Crippen LogP contribution in [0.2, 0.25) is 0 Å². The smallest absolute Gasteiger partial charge is 0.409 e. The molecule has 8 nitrogen and oxygen atoms in total. The molecule has 2 amide bonds. The van der Waals surface area contributed by atoms with E-state index in [1.165, 1.54) is 0 Å². The summed E-state index contributed by atoms with van der Waals surface area (Å²) < 4.78 is 14.6. The van der Waals surface area contributed by atoms with Crippen molar-refractivity contribution >= 4 is 34.1 Å². The first-order chi connectivity index (χ1) is 11.6. The second-order valence-corrected chi connectivity index (χ2v) is 7.60. The number of ether oxygens (including phenoxy) is 2. The van der Waals surface area contributed by atoms with Gasteiger partial charge < -0.3 is 19.3 Å². The summed E-state index contributed by atoms with van der Waals surface area (Å²) in [5, 5.41) is 0. The van der Waals surface area contributed by atoms with Gasteiger partial charge >= 0.3 is 12.2 Å². The van der Waals surface area contributed by atoms with Gasteiger partial charge in [-0.1, -0.05) is 0 Å². The Morgan fingerprint density at radius 1 is 0.708 bits per heavy atom. The predicted octanol–water partition coefficient (Wildman–Crippen LogP) is 1.75. The molecule has 2 fully saturated rings. The fourth-order valence-electron chi connectivity index (χ4n) is 2.41. The lowest BCUT2D eigenvalue weighted by molar-refractivity contribution is 0.0938. The summed E-state index contributed by atoms with van der Waals surface area (Å²) in [6.07, 6.45) is -0.435. The standard InChI is InChI=1S/C14H26N4O4S2/c1-3-21-13(19)15-5-9-17(10-6-15)23-24-18-11-7-16(8-12-18)14(20)22-4-2/h3-12H2,1-2H3. The first kappa shape index (κ1) is 19.5. The quantitative estimate of drug-likeness (QED) is 0.530. The van der Waals surface area contributed by atoms with Gasteiger partial charge in [-0.25, -0.2) is 18.2 Å². The van der Waals surface area contributed by atoms with E-state index in [1.54, 1.807) is 31.8 Å². The second-order valence-electron chi connectivity index (χ2n) is 5.38. The summed E-state index contributed by atoms with van der Waals surface area (Å²) in [5.74, 6) is 0. The number of amides is 2. The fraction of sp³-hybridized carbons (Fsp3) is 0.857. The maximum Gasteiger partial charge on any atom is 0.409 e. The van der Waals surface area contributed by atoms with Crippen LogP contribution in [0, 0.1) is 0 Å². The molecule has 0 N–H and O–H groups in total. The summed E-state index contributed by atoms with van der Waals surface area (Å²) >= 11 is 0. The van der Waals surface area contributed by atoms with Gasteiger partial charge in [0.25, 0.3) is 0 Å². The van der Waals surface area contributed by atoms with E-state index >= 15 is 0 Å². The Balaban J connectivity index is 1.60. The van der Waals surface area contributed by atoms with E-state index < -0.39 is 0 Å². The van der Waals surface area contributed by atoms with Gasteiger partial charge in [0, 0.05) is 74.3 Å². The van der Waals surface area contributed by atoms with Crippen LogP contribution >= 0.6 is 22.0 Å². The van der Waals surface area contributed by atoms with Crippen molar-refractivity contribution in [3.63, 3.8) is 0 Å². The molecule has 0 bridgehead atoms. The lowest BCUT2D eigenvalue weighted by atomic mass is 10.4. The van der Waals surface area contributed by atoms with Gasteiger partial charge in [-0.15, -0.1) is 0 Å². The maximum absolute atomic E-state index is 11.7. The second kappa shape index (κ2) is 10.2. The number of hydrogen-bond acceptors (Lipinski definition) is 8. The molecule has 2 aliphatic heterocycles. The number of hydrogen-bond donors (Lipinski definition) is 0. The Hall–Kier alpha value is -0.840. The molecule has 0 saturated carbocycles. The SMILES string of the molecule is CCOC(=O)N1CCN(SSN2CCN(C(=O)OCC)CC2)CC1. The number of rotatable bonds is 5. The molecular formula is C14H26N4O4S2. The Kier molecular flexibility index (Phi) is 8.30. The van der Waals surface area contributed by atoms with Gasteiger partial charge in [0.2, 0.25) is 0 Å². The minimum Gasteiger partial charge on any atom is -0.450 e. The Labute approximate surface area is 151 Å². The molecule has 0 aliphatic carbocycles. The van der Waals surface area contributed by atoms with Crippen LogP contribution in [0.3, 0.4) is 0 Å². The van der Waals surface area contributed by atoms with Crippen LogP contribution in [0.1, 0.15) is 13.8 Å². The summed E-state index contributed by atoms with van der Waals surface area (Å²) in [4.78, 5) is 26.8. The zero-order valence-corrected chi connectivity index (χ0v) is 15.9. The topological polar surface area (TPSA) is 65.6 Å². The number of piperazine rings is 2. The average Bonchev–Trinajstić information content (AvgIpc) is 2.61. The van der Waals surface area contributed by atoms with Gasteiger partial charge in [-0.2, -0.15) is 0 Å². The molecule has 24 heavy (non-hydrogen) atoms. The highest BCUT2D eigenvalue weighted by atomic mass is 33.1. The third-order valence-corrected chi connectivity index (χ3v) is 6.46. The molecule has 2 saturated heterocycles. The van der Waals surface area contributed by atoms with Crippen LogP contribution < -0.4 is 0 Å². The van der Waals surface area contributed by atoms with Crippen LogP contribution in [0.25, 0.3) is 0 Å². The molecule has 0 spiro atoms. The molecule has 0 atom stereocenters. The molecule has 2 aliphatic rings. The van der Waals surface area contributed by atoms with E-state index in [4.69, 9.17) is 9.47 Å². The molecule has 0 aromatic heterocycles. The third-order valence-electron chi connectivity index (χ3n) is 3.77. The maximum atomic E-state index is 11.7. The van der Waals surface area contributed by atoms with Crippen molar-refractivity contribution in [2.75, 3.05) is 65.6 Å². The van der Waals surface area contributed by atoms with Crippen molar-refractivity contribution in [3.05, 3.63) is 0 Å². The first-order valence-corrected chi connectivity index (χ1v) is 10.4. The largest absolute Gasteiger partial charge is 0.450 e. The highest BCUT2D eigenvalue weighted by Crippen LogP contribution is 2.31. The van der Waals surface area contributed by atoms with E-state index in [0.29, 0.717) is 39.4 Å². The molecule has 0 aromatic rings. The van der Waals surface area contributed by atoms with Gasteiger partial charge in [0.15, 0.2) is 0 Å². The van der Waals surface area contributed by atoms with E-state index in [2.05, 4.69) is 8.61 Å². The fourth-order valence-corrected chi connectivity index (χ4v) is 4.69. The molecule has 2 rings (SSSR count).